The second-order valence-corrected chi connectivity index (χ2v) is 6.77. The summed E-state index contributed by atoms with van der Waals surface area (Å²) in [6.45, 7) is 11.6. The molecule has 4 heteroatoms. The van der Waals surface area contributed by atoms with E-state index in [4.69, 9.17) is 0 Å². The first-order valence-electron chi connectivity index (χ1n) is 8.63. The predicted octanol–water partition coefficient (Wildman–Crippen LogP) is 1.42. The number of hydrogen-bond donors (Lipinski definition) is 1. The summed E-state index contributed by atoms with van der Waals surface area (Å²) < 4.78 is 0. The molecule has 0 aromatic rings. The van der Waals surface area contributed by atoms with Gasteiger partial charge in [-0.15, -0.1) is 6.58 Å². The van der Waals surface area contributed by atoms with Crippen LogP contribution in [0.5, 0.6) is 0 Å². The molecule has 2 aliphatic heterocycles. The molecule has 2 heterocycles. The SMILES string of the molecule is C=CCC[C@@H](O)CN1CCCC[C@@H](N2CCN(C)CC2)C1. The molecule has 4 nitrogen and oxygen atoms in total. The van der Waals surface area contributed by atoms with Gasteiger partial charge in [-0.1, -0.05) is 12.5 Å². The number of aliphatic hydroxyl groups excluding tert-OH is 1. The van der Waals surface area contributed by atoms with Gasteiger partial charge in [0.15, 0.2) is 0 Å². The van der Waals surface area contributed by atoms with Crippen LogP contribution in [-0.2, 0) is 0 Å². The molecule has 0 aliphatic carbocycles. The Morgan fingerprint density at radius 2 is 1.95 bits per heavy atom. The topological polar surface area (TPSA) is 30.0 Å². The van der Waals surface area contributed by atoms with E-state index < -0.39 is 0 Å². The van der Waals surface area contributed by atoms with Crippen LogP contribution in [0.2, 0.25) is 0 Å². The molecule has 2 atom stereocenters. The summed E-state index contributed by atoms with van der Waals surface area (Å²) in [6.07, 6.45) is 7.39. The van der Waals surface area contributed by atoms with Crippen LogP contribution < -0.4 is 0 Å². The molecule has 1 N–H and O–H groups in total. The van der Waals surface area contributed by atoms with Crippen LogP contribution in [-0.4, -0.2) is 84.8 Å². The Kier molecular flexibility index (Phi) is 7.17. The van der Waals surface area contributed by atoms with Gasteiger partial charge in [0.2, 0.25) is 0 Å². The third kappa shape index (κ3) is 5.70. The second-order valence-electron chi connectivity index (χ2n) is 6.77. The fourth-order valence-electron chi connectivity index (χ4n) is 3.55. The zero-order valence-electron chi connectivity index (χ0n) is 13.7. The van der Waals surface area contributed by atoms with Gasteiger partial charge in [0.05, 0.1) is 6.10 Å². The summed E-state index contributed by atoms with van der Waals surface area (Å²) >= 11 is 0. The quantitative estimate of drug-likeness (QED) is 0.751. The molecule has 0 bridgehead atoms. The molecule has 122 valence electrons. The smallest absolute Gasteiger partial charge is 0.0670 e. The number of nitrogens with zero attached hydrogens (tertiary/aromatic N) is 3. The maximum atomic E-state index is 10.1. The summed E-state index contributed by atoms with van der Waals surface area (Å²) in [6, 6.07) is 0.688. The third-order valence-electron chi connectivity index (χ3n) is 4.96. The highest BCUT2D eigenvalue weighted by Crippen LogP contribution is 2.18. The van der Waals surface area contributed by atoms with Gasteiger partial charge in [-0.05, 0) is 39.3 Å². The molecule has 0 saturated carbocycles. The monoisotopic (exact) mass is 295 g/mol. The van der Waals surface area contributed by atoms with Gasteiger partial charge in [-0.2, -0.15) is 0 Å². The lowest BCUT2D eigenvalue weighted by molar-refractivity contribution is 0.0663. The van der Waals surface area contributed by atoms with Crippen LogP contribution in [0.15, 0.2) is 12.7 Å². The summed E-state index contributed by atoms with van der Waals surface area (Å²) in [7, 11) is 2.21. The van der Waals surface area contributed by atoms with E-state index in [-0.39, 0.29) is 6.10 Å². The first-order chi connectivity index (χ1) is 10.2. The van der Waals surface area contributed by atoms with Crippen molar-refractivity contribution in [1.82, 2.24) is 14.7 Å². The predicted molar refractivity (Wildman–Crippen MR) is 88.6 cm³/mol. The molecular formula is C17H33N3O. The lowest BCUT2D eigenvalue weighted by Crippen LogP contribution is -2.52. The number of aliphatic hydroxyl groups is 1. The minimum atomic E-state index is -0.200. The standard InChI is InChI=1S/C17H33N3O/c1-3-4-8-17(21)15-19-9-6-5-7-16(14-19)20-12-10-18(2)11-13-20/h3,16-17,21H,1,4-15H2,2H3/t16-,17-/m1/s1. The highest BCUT2D eigenvalue weighted by Gasteiger charge is 2.26. The van der Waals surface area contributed by atoms with Crippen LogP contribution in [0.3, 0.4) is 0 Å². The zero-order valence-corrected chi connectivity index (χ0v) is 13.7. The van der Waals surface area contributed by atoms with Crippen molar-refractivity contribution in [1.29, 1.82) is 0 Å². The Morgan fingerprint density at radius 1 is 1.19 bits per heavy atom. The minimum Gasteiger partial charge on any atom is -0.392 e. The van der Waals surface area contributed by atoms with Gasteiger partial charge in [0.25, 0.3) is 0 Å². The highest BCUT2D eigenvalue weighted by molar-refractivity contribution is 4.83. The number of likely N-dealkylation sites (N-methyl/N-ethyl adjacent to an activating group) is 1. The number of likely N-dealkylation sites (tertiary alicyclic amines) is 1. The molecule has 2 saturated heterocycles. The van der Waals surface area contributed by atoms with Gasteiger partial charge in [0.1, 0.15) is 0 Å². The molecule has 0 unspecified atom stereocenters. The number of rotatable bonds is 6. The van der Waals surface area contributed by atoms with Gasteiger partial charge in [0, 0.05) is 45.3 Å². The van der Waals surface area contributed by atoms with Gasteiger partial charge >= 0.3 is 0 Å². The lowest BCUT2D eigenvalue weighted by atomic mass is 10.1. The van der Waals surface area contributed by atoms with Crippen LogP contribution in [0, 0.1) is 0 Å². The normalized spacial score (nSPS) is 28.2. The van der Waals surface area contributed by atoms with Gasteiger partial charge < -0.3 is 10.0 Å². The molecule has 0 aromatic heterocycles. The van der Waals surface area contributed by atoms with Crippen molar-refractivity contribution in [3.05, 3.63) is 12.7 Å². The first kappa shape index (κ1) is 16.9. The van der Waals surface area contributed by atoms with E-state index in [0.29, 0.717) is 6.04 Å². The van der Waals surface area contributed by atoms with Crippen molar-refractivity contribution in [3.8, 4) is 0 Å². The third-order valence-corrected chi connectivity index (χ3v) is 4.96. The number of hydrogen-bond acceptors (Lipinski definition) is 4. The van der Waals surface area contributed by atoms with Crippen molar-refractivity contribution < 1.29 is 5.11 Å². The van der Waals surface area contributed by atoms with Crippen molar-refractivity contribution in [2.75, 3.05) is 52.9 Å². The Labute approximate surface area is 130 Å². The maximum absolute atomic E-state index is 10.1. The molecule has 0 radical (unpaired) electrons. The summed E-state index contributed by atoms with van der Waals surface area (Å²) in [5.41, 5.74) is 0. The van der Waals surface area contributed by atoms with E-state index in [1.54, 1.807) is 0 Å². The van der Waals surface area contributed by atoms with Gasteiger partial charge in [-0.25, -0.2) is 0 Å². The van der Waals surface area contributed by atoms with Gasteiger partial charge in [-0.3, -0.25) is 9.80 Å². The van der Waals surface area contributed by atoms with Crippen LogP contribution in [0.4, 0.5) is 0 Å². The Morgan fingerprint density at radius 3 is 2.67 bits per heavy atom. The van der Waals surface area contributed by atoms with Crippen LogP contribution >= 0.6 is 0 Å². The average Bonchev–Trinajstić information content (AvgIpc) is 2.71. The van der Waals surface area contributed by atoms with E-state index in [1.807, 2.05) is 6.08 Å². The molecule has 2 fully saturated rings. The molecule has 0 aromatic carbocycles. The van der Waals surface area contributed by atoms with E-state index in [1.165, 1.54) is 45.4 Å². The largest absolute Gasteiger partial charge is 0.392 e. The van der Waals surface area contributed by atoms with Crippen LogP contribution in [0.1, 0.15) is 32.1 Å². The molecule has 2 aliphatic rings. The van der Waals surface area contributed by atoms with Crippen molar-refractivity contribution in [2.45, 2.75) is 44.2 Å². The first-order valence-corrected chi connectivity index (χ1v) is 8.63. The Balaban J connectivity index is 1.81. The number of piperazine rings is 1. The van der Waals surface area contributed by atoms with E-state index in [2.05, 4.69) is 28.3 Å². The summed E-state index contributed by atoms with van der Waals surface area (Å²) in [5.74, 6) is 0. The Bertz CT molecular complexity index is 302. The minimum absolute atomic E-state index is 0.200. The zero-order chi connectivity index (χ0) is 15.1. The molecule has 0 spiro atoms. The molecule has 0 amide bonds. The molecule has 2 rings (SSSR count). The maximum Gasteiger partial charge on any atom is 0.0670 e. The van der Waals surface area contributed by atoms with Crippen LogP contribution in [0.25, 0.3) is 0 Å². The fraction of sp³-hybridized carbons (Fsp3) is 0.882. The average molecular weight is 295 g/mol. The van der Waals surface area contributed by atoms with E-state index >= 15 is 0 Å². The number of β-amino-alcohol motifs (C(OH)–C–C–N with tert-alkyl or cyclic N) is 1. The molecule has 21 heavy (non-hydrogen) atoms. The van der Waals surface area contributed by atoms with Crippen molar-refractivity contribution in [3.63, 3.8) is 0 Å². The van der Waals surface area contributed by atoms with Crippen molar-refractivity contribution in [2.24, 2.45) is 0 Å². The fourth-order valence-corrected chi connectivity index (χ4v) is 3.55. The molecular weight excluding hydrogens is 262 g/mol. The Hall–Kier alpha value is -0.420. The van der Waals surface area contributed by atoms with E-state index in [0.717, 1.165) is 32.5 Å². The van der Waals surface area contributed by atoms with E-state index in [9.17, 15) is 5.11 Å². The summed E-state index contributed by atoms with van der Waals surface area (Å²) in [5, 5.41) is 10.1. The lowest BCUT2D eigenvalue weighted by Gasteiger charge is -2.39. The highest BCUT2D eigenvalue weighted by atomic mass is 16.3. The summed E-state index contributed by atoms with van der Waals surface area (Å²) in [4.78, 5) is 7.59. The second kappa shape index (κ2) is 8.89. The number of allylic oxidation sites excluding steroid dienone is 1. The van der Waals surface area contributed by atoms with Crippen molar-refractivity contribution >= 4 is 0 Å².